The van der Waals surface area contributed by atoms with Gasteiger partial charge in [-0.3, -0.25) is 0 Å². The summed E-state index contributed by atoms with van der Waals surface area (Å²) in [5, 5.41) is 3.90. The van der Waals surface area contributed by atoms with Gasteiger partial charge in [-0.05, 0) is 44.4 Å². The molecule has 1 aromatic carbocycles. The van der Waals surface area contributed by atoms with Crippen LogP contribution in [0.1, 0.15) is 12.6 Å². The van der Waals surface area contributed by atoms with Crippen LogP contribution >= 0.6 is 11.8 Å². The highest BCUT2D eigenvalue weighted by atomic mass is 32.2. The molecule has 22 heavy (non-hydrogen) atoms. The minimum Gasteiger partial charge on any atom is -0.434 e. The third kappa shape index (κ3) is 4.63. The van der Waals surface area contributed by atoms with E-state index in [0.717, 1.165) is 17.2 Å². The fourth-order valence-electron chi connectivity index (χ4n) is 1.69. The molecule has 0 bridgehead atoms. The first-order chi connectivity index (χ1) is 10.6. The quantitative estimate of drug-likeness (QED) is 0.389. The highest BCUT2D eigenvalue weighted by Crippen LogP contribution is 2.21. The summed E-state index contributed by atoms with van der Waals surface area (Å²) in [4.78, 5) is 19.9. The maximum Gasteiger partial charge on any atom is 0.513 e. The molecule has 116 valence electrons. The van der Waals surface area contributed by atoms with E-state index in [1.807, 2.05) is 19.2 Å². The van der Waals surface area contributed by atoms with Crippen molar-refractivity contribution in [1.82, 2.24) is 9.97 Å². The summed E-state index contributed by atoms with van der Waals surface area (Å²) in [6.45, 7) is 3.92. The Morgan fingerprint density at radius 2 is 2.00 bits per heavy atom. The first-order valence-corrected chi connectivity index (χ1v) is 7.94. The van der Waals surface area contributed by atoms with Gasteiger partial charge in [0, 0.05) is 17.4 Å². The fraction of sp³-hybridized carbons (Fsp3) is 0.267. The van der Waals surface area contributed by atoms with Crippen LogP contribution in [0.5, 0.6) is 5.75 Å². The van der Waals surface area contributed by atoms with Crippen LogP contribution in [-0.4, -0.2) is 29.0 Å². The van der Waals surface area contributed by atoms with Crippen molar-refractivity contribution in [3.8, 4) is 5.75 Å². The number of anilines is 2. The van der Waals surface area contributed by atoms with E-state index in [9.17, 15) is 4.79 Å². The van der Waals surface area contributed by atoms with Gasteiger partial charge in [-0.2, -0.15) is 0 Å². The number of rotatable bonds is 5. The van der Waals surface area contributed by atoms with Crippen molar-refractivity contribution >= 4 is 29.4 Å². The summed E-state index contributed by atoms with van der Waals surface area (Å²) in [7, 11) is 0. The lowest BCUT2D eigenvalue weighted by Crippen LogP contribution is -2.09. The number of thioether (sulfide) groups is 1. The smallest absolute Gasteiger partial charge is 0.434 e. The van der Waals surface area contributed by atoms with Gasteiger partial charge in [0.05, 0.1) is 6.61 Å². The van der Waals surface area contributed by atoms with Crippen LogP contribution in [0.15, 0.2) is 35.5 Å². The molecule has 0 saturated heterocycles. The zero-order chi connectivity index (χ0) is 15.9. The van der Waals surface area contributed by atoms with E-state index < -0.39 is 6.16 Å². The average molecular weight is 319 g/mol. The highest BCUT2D eigenvalue weighted by Gasteiger charge is 2.05. The molecule has 0 amide bonds. The molecule has 1 N–H and O–H groups in total. The summed E-state index contributed by atoms with van der Waals surface area (Å²) < 4.78 is 9.71. The standard InChI is InChI=1S/C15H17N3O3S/c1-4-20-15(19)21-12-7-5-11(6-8-12)17-13-9-10(2)16-14(18-13)22-3/h5-9H,4H2,1-3H3,(H,16,17,18). The number of hydrogen-bond donors (Lipinski definition) is 1. The molecule has 0 aliphatic carbocycles. The molecule has 1 aromatic heterocycles. The molecule has 7 heteroatoms. The Kier molecular flexibility index (Phi) is 5.60. The molecular formula is C15H17N3O3S. The second-order valence-electron chi connectivity index (χ2n) is 4.32. The Morgan fingerprint density at radius 3 is 2.64 bits per heavy atom. The van der Waals surface area contributed by atoms with E-state index >= 15 is 0 Å². The number of aryl methyl sites for hydroxylation is 1. The SMILES string of the molecule is CCOC(=O)Oc1ccc(Nc2cc(C)nc(SC)n2)cc1. The maximum absolute atomic E-state index is 11.2. The molecule has 1 heterocycles. The normalized spacial score (nSPS) is 10.1. The number of benzene rings is 1. The third-order valence-corrected chi connectivity index (χ3v) is 3.15. The number of aromatic nitrogens is 2. The molecule has 6 nitrogen and oxygen atoms in total. The lowest BCUT2D eigenvalue weighted by Gasteiger charge is -2.09. The van der Waals surface area contributed by atoms with Gasteiger partial charge in [-0.25, -0.2) is 14.8 Å². The van der Waals surface area contributed by atoms with E-state index in [0.29, 0.717) is 10.9 Å². The molecule has 0 unspecified atom stereocenters. The minimum atomic E-state index is -0.709. The second-order valence-corrected chi connectivity index (χ2v) is 5.09. The Balaban J connectivity index is 2.05. The molecule has 0 spiro atoms. The molecule has 2 aromatic rings. The van der Waals surface area contributed by atoms with E-state index in [4.69, 9.17) is 9.47 Å². The molecule has 2 rings (SSSR count). The lowest BCUT2D eigenvalue weighted by atomic mass is 10.3. The molecule has 0 fully saturated rings. The van der Waals surface area contributed by atoms with Crippen molar-refractivity contribution in [2.75, 3.05) is 18.2 Å². The van der Waals surface area contributed by atoms with Crippen LogP contribution in [0.4, 0.5) is 16.3 Å². The summed E-state index contributed by atoms with van der Waals surface area (Å²) in [5.74, 6) is 1.14. The van der Waals surface area contributed by atoms with Crippen molar-refractivity contribution < 1.29 is 14.3 Å². The van der Waals surface area contributed by atoms with Gasteiger partial charge in [-0.15, -0.1) is 0 Å². The lowest BCUT2D eigenvalue weighted by molar-refractivity contribution is 0.104. The summed E-state index contributed by atoms with van der Waals surface area (Å²) in [6.07, 6.45) is 1.22. The van der Waals surface area contributed by atoms with Gasteiger partial charge in [0.2, 0.25) is 0 Å². The van der Waals surface area contributed by atoms with Crippen molar-refractivity contribution in [3.63, 3.8) is 0 Å². The second kappa shape index (κ2) is 7.65. The zero-order valence-corrected chi connectivity index (χ0v) is 13.4. The zero-order valence-electron chi connectivity index (χ0n) is 12.6. The van der Waals surface area contributed by atoms with Crippen molar-refractivity contribution in [3.05, 3.63) is 36.0 Å². The highest BCUT2D eigenvalue weighted by molar-refractivity contribution is 7.98. The largest absolute Gasteiger partial charge is 0.513 e. The summed E-state index contributed by atoms with van der Waals surface area (Å²) in [5.41, 5.74) is 1.73. The Morgan fingerprint density at radius 1 is 1.27 bits per heavy atom. The van der Waals surface area contributed by atoms with Crippen molar-refractivity contribution in [2.45, 2.75) is 19.0 Å². The predicted molar refractivity (Wildman–Crippen MR) is 85.9 cm³/mol. The minimum absolute atomic E-state index is 0.281. The monoisotopic (exact) mass is 319 g/mol. The van der Waals surface area contributed by atoms with Gasteiger partial charge in [-0.1, -0.05) is 11.8 Å². The van der Waals surface area contributed by atoms with Crippen LogP contribution in [0.25, 0.3) is 0 Å². The third-order valence-electron chi connectivity index (χ3n) is 2.61. The Bertz CT molecular complexity index is 647. The first-order valence-electron chi connectivity index (χ1n) is 6.72. The van der Waals surface area contributed by atoms with E-state index in [1.165, 1.54) is 11.8 Å². The van der Waals surface area contributed by atoms with E-state index in [2.05, 4.69) is 15.3 Å². The molecular weight excluding hydrogens is 302 g/mol. The van der Waals surface area contributed by atoms with Crippen molar-refractivity contribution in [1.29, 1.82) is 0 Å². The maximum atomic E-state index is 11.2. The van der Waals surface area contributed by atoms with Crippen LogP contribution in [0.3, 0.4) is 0 Å². The average Bonchev–Trinajstić information content (AvgIpc) is 2.49. The summed E-state index contributed by atoms with van der Waals surface area (Å²) in [6, 6.07) is 8.82. The molecule has 0 aliphatic heterocycles. The van der Waals surface area contributed by atoms with Gasteiger partial charge in [0.25, 0.3) is 0 Å². The number of nitrogens with zero attached hydrogens (tertiary/aromatic N) is 2. The molecule has 0 atom stereocenters. The number of carbonyl (C=O) groups is 1. The van der Waals surface area contributed by atoms with E-state index in [-0.39, 0.29) is 6.61 Å². The fourth-order valence-corrected chi connectivity index (χ4v) is 2.12. The van der Waals surface area contributed by atoms with Crippen molar-refractivity contribution in [2.24, 2.45) is 0 Å². The predicted octanol–water partition coefficient (Wildman–Crippen LogP) is 3.79. The van der Waals surface area contributed by atoms with Crippen LogP contribution in [-0.2, 0) is 4.74 Å². The number of ether oxygens (including phenoxy) is 2. The van der Waals surface area contributed by atoms with Crippen LogP contribution in [0.2, 0.25) is 0 Å². The first kappa shape index (κ1) is 16.1. The van der Waals surface area contributed by atoms with Gasteiger partial charge in [0.15, 0.2) is 5.16 Å². The van der Waals surface area contributed by atoms with Crippen LogP contribution < -0.4 is 10.1 Å². The number of carbonyl (C=O) groups excluding carboxylic acids is 1. The topological polar surface area (TPSA) is 73.3 Å². The van der Waals surface area contributed by atoms with Gasteiger partial charge in [0.1, 0.15) is 11.6 Å². The summed E-state index contributed by atoms with van der Waals surface area (Å²) >= 11 is 1.49. The number of hydrogen-bond acceptors (Lipinski definition) is 7. The van der Waals surface area contributed by atoms with Gasteiger partial charge >= 0.3 is 6.16 Å². The Hall–Kier alpha value is -2.28. The number of nitrogens with one attached hydrogen (secondary N) is 1. The van der Waals surface area contributed by atoms with Crippen LogP contribution in [0, 0.1) is 6.92 Å². The molecule has 0 radical (unpaired) electrons. The van der Waals surface area contributed by atoms with Gasteiger partial charge < -0.3 is 14.8 Å². The van der Waals surface area contributed by atoms with E-state index in [1.54, 1.807) is 31.2 Å². The molecule has 0 aliphatic rings. The Labute approximate surface area is 133 Å². The molecule has 0 saturated carbocycles.